The number of ketones is 1. The molecular formula is C10H13NO3S. The zero-order chi connectivity index (χ0) is 11.3. The van der Waals surface area contributed by atoms with Crippen molar-refractivity contribution in [2.45, 2.75) is 12.8 Å². The van der Waals surface area contributed by atoms with Crippen molar-refractivity contribution in [1.29, 1.82) is 0 Å². The maximum Gasteiger partial charge on any atom is 0.181 e. The molecule has 0 atom stereocenters. The van der Waals surface area contributed by atoms with E-state index < -0.39 is 9.84 Å². The summed E-state index contributed by atoms with van der Waals surface area (Å²) in [5.74, 6) is -0.0646. The molecule has 0 saturated carbocycles. The minimum Gasteiger partial charge on any atom is -0.292 e. The molecule has 1 rings (SSSR count). The lowest BCUT2D eigenvalue weighted by atomic mass is 10.1. The maximum atomic E-state index is 11.5. The molecule has 0 unspecified atom stereocenters. The van der Waals surface area contributed by atoms with Crippen LogP contribution in [0.2, 0.25) is 0 Å². The Kier molecular flexibility index (Phi) is 3.96. The van der Waals surface area contributed by atoms with Crippen molar-refractivity contribution >= 4 is 15.6 Å². The number of Topliss-reactive ketones (excluding diaryl/α,β-unsaturated/α-hetero) is 1. The number of sulfone groups is 1. The first-order valence-electron chi connectivity index (χ1n) is 4.61. The number of nitrogens with zero attached hydrogens (tertiary/aromatic N) is 1. The normalized spacial score (nSPS) is 11.3. The van der Waals surface area contributed by atoms with Crippen LogP contribution in [-0.4, -0.2) is 31.2 Å². The largest absolute Gasteiger partial charge is 0.292 e. The summed E-state index contributed by atoms with van der Waals surface area (Å²) in [6.45, 7) is 0. The second-order valence-corrected chi connectivity index (χ2v) is 5.63. The van der Waals surface area contributed by atoms with Gasteiger partial charge < -0.3 is 0 Å². The van der Waals surface area contributed by atoms with Crippen molar-refractivity contribution in [2.24, 2.45) is 0 Å². The van der Waals surface area contributed by atoms with Crippen LogP contribution in [0.4, 0.5) is 0 Å². The molecule has 0 bridgehead atoms. The van der Waals surface area contributed by atoms with Gasteiger partial charge in [-0.2, -0.15) is 0 Å². The van der Waals surface area contributed by atoms with Crippen molar-refractivity contribution < 1.29 is 13.2 Å². The Morgan fingerprint density at radius 2 is 2.13 bits per heavy atom. The predicted octanol–water partition coefficient (Wildman–Crippen LogP) is 1.09. The van der Waals surface area contributed by atoms with Crippen LogP contribution in [0.3, 0.4) is 0 Å². The number of hydrogen-bond acceptors (Lipinski definition) is 4. The number of pyridine rings is 1. The Morgan fingerprint density at radius 3 is 2.67 bits per heavy atom. The van der Waals surface area contributed by atoms with E-state index in [2.05, 4.69) is 4.98 Å². The van der Waals surface area contributed by atoms with E-state index in [0.29, 0.717) is 12.1 Å². The standard InChI is InChI=1S/C10H13NO3S/c1-15(13,14)8-4-6-10(12)9-5-2-3-7-11-9/h2-3,5,7H,4,6,8H2,1H3. The molecule has 15 heavy (non-hydrogen) atoms. The van der Waals surface area contributed by atoms with E-state index >= 15 is 0 Å². The van der Waals surface area contributed by atoms with E-state index in [1.165, 1.54) is 0 Å². The summed E-state index contributed by atoms with van der Waals surface area (Å²) >= 11 is 0. The monoisotopic (exact) mass is 227 g/mol. The first-order valence-corrected chi connectivity index (χ1v) is 6.67. The highest BCUT2D eigenvalue weighted by atomic mass is 32.2. The Balaban J connectivity index is 2.45. The quantitative estimate of drug-likeness (QED) is 0.706. The van der Waals surface area contributed by atoms with Gasteiger partial charge in [0.25, 0.3) is 0 Å². The summed E-state index contributed by atoms with van der Waals surface area (Å²) in [5.41, 5.74) is 0.394. The minimum absolute atomic E-state index is 0.0472. The fourth-order valence-electron chi connectivity index (χ4n) is 1.15. The Hall–Kier alpha value is -1.23. The van der Waals surface area contributed by atoms with Gasteiger partial charge in [0.05, 0.1) is 5.75 Å². The van der Waals surface area contributed by atoms with Gasteiger partial charge in [0, 0.05) is 18.9 Å². The molecule has 0 radical (unpaired) electrons. The van der Waals surface area contributed by atoms with Gasteiger partial charge in [-0.3, -0.25) is 9.78 Å². The van der Waals surface area contributed by atoms with Crippen LogP contribution < -0.4 is 0 Å². The molecule has 0 N–H and O–H groups in total. The Bertz CT molecular complexity index is 425. The lowest BCUT2D eigenvalue weighted by Crippen LogP contribution is -2.07. The maximum absolute atomic E-state index is 11.5. The van der Waals surface area contributed by atoms with Gasteiger partial charge in [-0.05, 0) is 18.6 Å². The molecule has 82 valence electrons. The summed E-state index contributed by atoms with van der Waals surface area (Å²) in [4.78, 5) is 15.4. The van der Waals surface area contributed by atoms with Crippen LogP contribution in [0.1, 0.15) is 23.3 Å². The van der Waals surface area contributed by atoms with E-state index in [4.69, 9.17) is 0 Å². The molecule has 0 aliphatic carbocycles. The Labute approximate surface area is 89.3 Å². The number of carbonyl (C=O) groups excluding carboxylic acids is 1. The number of rotatable bonds is 5. The van der Waals surface area contributed by atoms with Crippen molar-refractivity contribution in [3.05, 3.63) is 30.1 Å². The zero-order valence-corrected chi connectivity index (χ0v) is 9.33. The van der Waals surface area contributed by atoms with Crippen LogP contribution >= 0.6 is 0 Å². The smallest absolute Gasteiger partial charge is 0.181 e. The fourth-order valence-corrected chi connectivity index (χ4v) is 1.82. The molecule has 1 aromatic rings. The molecule has 0 fully saturated rings. The van der Waals surface area contributed by atoms with Gasteiger partial charge in [-0.1, -0.05) is 6.07 Å². The van der Waals surface area contributed by atoms with E-state index in [9.17, 15) is 13.2 Å². The second kappa shape index (κ2) is 5.02. The van der Waals surface area contributed by atoms with Gasteiger partial charge in [-0.15, -0.1) is 0 Å². The van der Waals surface area contributed by atoms with Gasteiger partial charge in [0.15, 0.2) is 5.78 Å². The van der Waals surface area contributed by atoms with Gasteiger partial charge in [0.2, 0.25) is 0 Å². The second-order valence-electron chi connectivity index (χ2n) is 3.37. The third-order valence-electron chi connectivity index (χ3n) is 1.87. The summed E-state index contributed by atoms with van der Waals surface area (Å²) in [5, 5.41) is 0. The third kappa shape index (κ3) is 4.69. The average molecular weight is 227 g/mol. The van der Waals surface area contributed by atoms with Crippen molar-refractivity contribution in [1.82, 2.24) is 4.98 Å². The van der Waals surface area contributed by atoms with Gasteiger partial charge >= 0.3 is 0 Å². The van der Waals surface area contributed by atoms with E-state index in [1.54, 1.807) is 24.4 Å². The van der Waals surface area contributed by atoms with Gasteiger partial charge in [-0.25, -0.2) is 8.42 Å². The molecule has 1 heterocycles. The van der Waals surface area contributed by atoms with E-state index in [-0.39, 0.29) is 18.0 Å². The lowest BCUT2D eigenvalue weighted by Gasteiger charge is -1.99. The van der Waals surface area contributed by atoms with E-state index in [0.717, 1.165) is 6.26 Å². The molecule has 0 spiro atoms. The highest BCUT2D eigenvalue weighted by molar-refractivity contribution is 7.90. The summed E-state index contributed by atoms with van der Waals surface area (Å²) in [7, 11) is -2.97. The average Bonchev–Trinajstić information content (AvgIpc) is 2.17. The molecule has 0 aliphatic rings. The SMILES string of the molecule is CS(=O)(=O)CCCC(=O)c1ccccn1. The third-order valence-corrected chi connectivity index (χ3v) is 2.90. The zero-order valence-electron chi connectivity index (χ0n) is 8.51. The molecule has 0 saturated heterocycles. The molecule has 0 amide bonds. The Morgan fingerprint density at radius 1 is 1.40 bits per heavy atom. The van der Waals surface area contributed by atoms with Gasteiger partial charge in [0.1, 0.15) is 15.5 Å². The van der Waals surface area contributed by atoms with Crippen LogP contribution in [-0.2, 0) is 9.84 Å². The predicted molar refractivity (Wildman–Crippen MR) is 57.5 cm³/mol. The van der Waals surface area contributed by atoms with Crippen LogP contribution in [0.5, 0.6) is 0 Å². The van der Waals surface area contributed by atoms with Crippen LogP contribution in [0.25, 0.3) is 0 Å². The molecular weight excluding hydrogens is 214 g/mol. The molecule has 0 aromatic carbocycles. The van der Waals surface area contributed by atoms with Crippen LogP contribution in [0, 0.1) is 0 Å². The first kappa shape index (κ1) is 11.8. The molecule has 1 aromatic heterocycles. The van der Waals surface area contributed by atoms with Crippen molar-refractivity contribution in [3.63, 3.8) is 0 Å². The van der Waals surface area contributed by atoms with E-state index in [1.807, 2.05) is 0 Å². The van der Waals surface area contributed by atoms with Crippen molar-refractivity contribution in [2.75, 3.05) is 12.0 Å². The summed E-state index contributed by atoms with van der Waals surface area (Å²) in [6, 6.07) is 5.09. The van der Waals surface area contributed by atoms with Crippen molar-refractivity contribution in [3.8, 4) is 0 Å². The highest BCUT2D eigenvalue weighted by Crippen LogP contribution is 2.03. The lowest BCUT2D eigenvalue weighted by molar-refractivity contribution is 0.0977. The minimum atomic E-state index is -2.97. The number of hydrogen-bond donors (Lipinski definition) is 0. The van der Waals surface area contributed by atoms with Crippen LogP contribution in [0.15, 0.2) is 24.4 Å². The molecule has 4 nitrogen and oxygen atoms in total. The number of aromatic nitrogens is 1. The number of carbonyl (C=O) groups is 1. The summed E-state index contributed by atoms with van der Waals surface area (Å²) < 4.78 is 21.6. The molecule has 5 heteroatoms. The molecule has 0 aliphatic heterocycles. The summed E-state index contributed by atoms with van der Waals surface area (Å²) in [6.07, 6.45) is 3.29. The topological polar surface area (TPSA) is 64.1 Å². The fraction of sp³-hybridized carbons (Fsp3) is 0.400. The highest BCUT2D eigenvalue weighted by Gasteiger charge is 2.08. The first-order chi connectivity index (χ1) is 6.99.